The Balaban J connectivity index is 0.000000774. The van der Waals surface area contributed by atoms with Gasteiger partial charge in [-0.05, 0) is 42.0 Å². The number of halogens is 1. The molecule has 3 rings (SSSR count). The topological polar surface area (TPSA) is 56.5 Å². The zero-order chi connectivity index (χ0) is 15.2. The van der Waals surface area contributed by atoms with Gasteiger partial charge in [-0.15, -0.1) is 15.0 Å². The molecule has 0 N–H and O–H groups in total. The molecule has 21 heavy (non-hydrogen) atoms. The highest BCUT2D eigenvalue weighted by Crippen LogP contribution is 2.13. The summed E-state index contributed by atoms with van der Waals surface area (Å²) in [7, 11) is 0. The predicted octanol–water partition coefficient (Wildman–Crippen LogP) is 3.20. The summed E-state index contributed by atoms with van der Waals surface area (Å²) in [6.45, 7) is 5.81. The summed E-state index contributed by atoms with van der Waals surface area (Å²) >= 11 is 0. The van der Waals surface area contributed by atoms with Crippen LogP contribution in [-0.4, -0.2) is 25.2 Å². The zero-order valence-corrected chi connectivity index (χ0v) is 12.2. The number of nitrogens with zero attached hydrogens (tertiary/aromatic N) is 5. The normalized spacial score (nSPS) is 9.90. The molecular formula is C15H16FN5. The molecule has 0 aliphatic heterocycles. The van der Waals surface area contributed by atoms with Crippen molar-refractivity contribution in [1.82, 2.24) is 25.2 Å². The second-order valence-electron chi connectivity index (χ2n) is 4.10. The third kappa shape index (κ3) is 3.47. The lowest BCUT2D eigenvalue weighted by Crippen LogP contribution is -2.00. The van der Waals surface area contributed by atoms with E-state index < -0.39 is 0 Å². The monoisotopic (exact) mass is 285 g/mol. The van der Waals surface area contributed by atoms with E-state index in [9.17, 15) is 4.39 Å². The van der Waals surface area contributed by atoms with Crippen molar-refractivity contribution < 1.29 is 4.39 Å². The fourth-order valence-corrected chi connectivity index (χ4v) is 1.75. The molecule has 0 aliphatic carbocycles. The molecule has 0 bridgehead atoms. The maximum absolute atomic E-state index is 13.3. The molecule has 108 valence electrons. The Morgan fingerprint density at radius 2 is 1.90 bits per heavy atom. The average molecular weight is 285 g/mol. The van der Waals surface area contributed by atoms with Gasteiger partial charge in [0.05, 0.1) is 5.69 Å². The van der Waals surface area contributed by atoms with Gasteiger partial charge in [0.2, 0.25) is 5.82 Å². The fourth-order valence-electron chi connectivity index (χ4n) is 1.75. The molecule has 1 aromatic carbocycles. The summed E-state index contributed by atoms with van der Waals surface area (Å²) in [6, 6.07) is 10.0. The Morgan fingerprint density at radius 1 is 1.10 bits per heavy atom. The van der Waals surface area contributed by atoms with Crippen LogP contribution in [0.1, 0.15) is 19.4 Å². The number of aromatic nitrogens is 5. The number of aryl methyl sites for hydroxylation is 1. The van der Waals surface area contributed by atoms with Gasteiger partial charge in [-0.3, -0.25) is 4.98 Å². The maximum Gasteiger partial charge on any atom is 0.223 e. The van der Waals surface area contributed by atoms with Crippen molar-refractivity contribution in [3.63, 3.8) is 0 Å². The van der Waals surface area contributed by atoms with E-state index in [-0.39, 0.29) is 5.82 Å². The van der Waals surface area contributed by atoms with Gasteiger partial charge in [-0.25, -0.2) is 4.39 Å². The van der Waals surface area contributed by atoms with Crippen LogP contribution in [0, 0.1) is 12.7 Å². The SMILES string of the molecule is CC.Cc1cc(F)cc(-n2nnc(-c3ccccn3)n2)c1. The number of hydrogen-bond donors (Lipinski definition) is 0. The third-order valence-electron chi connectivity index (χ3n) is 2.57. The molecule has 0 unspecified atom stereocenters. The van der Waals surface area contributed by atoms with Crippen molar-refractivity contribution in [3.05, 3.63) is 54.0 Å². The van der Waals surface area contributed by atoms with Gasteiger partial charge in [0.1, 0.15) is 11.5 Å². The Hall–Kier alpha value is -2.63. The molecule has 0 amide bonds. The summed E-state index contributed by atoms with van der Waals surface area (Å²) in [6.07, 6.45) is 1.66. The number of pyridine rings is 1. The van der Waals surface area contributed by atoms with Crippen LogP contribution < -0.4 is 0 Å². The van der Waals surface area contributed by atoms with Crippen molar-refractivity contribution >= 4 is 0 Å². The second kappa shape index (κ2) is 6.69. The molecule has 6 heteroatoms. The van der Waals surface area contributed by atoms with E-state index in [0.29, 0.717) is 17.2 Å². The van der Waals surface area contributed by atoms with Crippen LogP contribution in [0.5, 0.6) is 0 Å². The maximum atomic E-state index is 13.3. The Morgan fingerprint density at radius 3 is 2.57 bits per heavy atom. The van der Waals surface area contributed by atoms with Gasteiger partial charge < -0.3 is 0 Å². The first-order valence-corrected chi connectivity index (χ1v) is 6.71. The van der Waals surface area contributed by atoms with Crippen molar-refractivity contribution in [2.45, 2.75) is 20.8 Å². The molecule has 3 aromatic rings. The first-order chi connectivity index (χ1) is 10.2. The largest absolute Gasteiger partial charge is 0.253 e. The van der Waals surface area contributed by atoms with Crippen LogP contribution in [0.15, 0.2) is 42.6 Å². The highest BCUT2D eigenvalue weighted by molar-refractivity contribution is 5.47. The molecular weight excluding hydrogens is 269 g/mol. The Labute approximate surface area is 122 Å². The number of rotatable bonds is 2. The van der Waals surface area contributed by atoms with Gasteiger partial charge in [0.15, 0.2) is 0 Å². The van der Waals surface area contributed by atoms with Crippen LogP contribution in [0.4, 0.5) is 4.39 Å². The lowest BCUT2D eigenvalue weighted by molar-refractivity contribution is 0.619. The van der Waals surface area contributed by atoms with E-state index in [2.05, 4.69) is 20.4 Å². The van der Waals surface area contributed by atoms with E-state index in [1.807, 2.05) is 32.9 Å². The Bertz CT molecular complexity index is 689. The quantitative estimate of drug-likeness (QED) is 0.725. The van der Waals surface area contributed by atoms with Crippen LogP contribution in [0.2, 0.25) is 0 Å². The van der Waals surface area contributed by atoms with Gasteiger partial charge in [0, 0.05) is 12.3 Å². The number of tetrazole rings is 1. The van der Waals surface area contributed by atoms with Gasteiger partial charge in [-0.2, -0.15) is 0 Å². The molecule has 0 saturated carbocycles. The van der Waals surface area contributed by atoms with Crippen LogP contribution in [0.3, 0.4) is 0 Å². The highest BCUT2D eigenvalue weighted by Gasteiger charge is 2.09. The molecule has 2 heterocycles. The van der Waals surface area contributed by atoms with Crippen LogP contribution in [0.25, 0.3) is 17.2 Å². The van der Waals surface area contributed by atoms with Crippen molar-refractivity contribution in [2.24, 2.45) is 0 Å². The van der Waals surface area contributed by atoms with Crippen molar-refractivity contribution in [1.29, 1.82) is 0 Å². The molecule has 0 saturated heterocycles. The summed E-state index contributed by atoms with van der Waals surface area (Å²) in [5, 5.41) is 12.0. The van der Waals surface area contributed by atoms with Gasteiger partial charge in [-0.1, -0.05) is 19.9 Å². The zero-order valence-electron chi connectivity index (χ0n) is 12.2. The highest BCUT2D eigenvalue weighted by atomic mass is 19.1. The van der Waals surface area contributed by atoms with E-state index >= 15 is 0 Å². The van der Waals surface area contributed by atoms with E-state index in [1.165, 1.54) is 16.9 Å². The van der Waals surface area contributed by atoms with E-state index in [4.69, 9.17) is 0 Å². The molecule has 5 nitrogen and oxygen atoms in total. The van der Waals surface area contributed by atoms with Crippen molar-refractivity contribution in [3.8, 4) is 17.2 Å². The number of benzene rings is 1. The van der Waals surface area contributed by atoms with Crippen LogP contribution in [-0.2, 0) is 0 Å². The summed E-state index contributed by atoms with van der Waals surface area (Å²) in [4.78, 5) is 5.43. The van der Waals surface area contributed by atoms with E-state index in [0.717, 1.165) is 5.56 Å². The van der Waals surface area contributed by atoms with Crippen molar-refractivity contribution in [2.75, 3.05) is 0 Å². The first kappa shape index (κ1) is 14.8. The summed E-state index contributed by atoms with van der Waals surface area (Å²) in [5.74, 6) is 0.0780. The average Bonchev–Trinajstić information content (AvgIpc) is 2.99. The van der Waals surface area contributed by atoms with Gasteiger partial charge >= 0.3 is 0 Å². The smallest absolute Gasteiger partial charge is 0.223 e. The molecule has 0 fully saturated rings. The van der Waals surface area contributed by atoms with Crippen LogP contribution >= 0.6 is 0 Å². The lowest BCUT2D eigenvalue weighted by Gasteiger charge is -2.00. The second-order valence-corrected chi connectivity index (χ2v) is 4.10. The summed E-state index contributed by atoms with van der Waals surface area (Å²) < 4.78 is 13.3. The minimum absolute atomic E-state index is 0.327. The minimum Gasteiger partial charge on any atom is -0.253 e. The third-order valence-corrected chi connectivity index (χ3v) is 2.57. The standard InChI is InChI=1S/C13H10FN5.C2H6/c1-9-6-10(14)8-11(7-9)19-17-13(16-18-19)12-4-2-3-5-15-12;1-2/h2-8H,1H3;1-2H3. The molecule has 0 radical (unpaired) electrons. The summed E-state index contributed by atoms with van der Waals surface area (Å²) in [5.41, 5.74) is 1.96. The number of hydrogen-bond acceptors (Lipinski definition) is 4. The van der Waals surface area contributed by atoms with E-state index in [1.54, 1.807) is 18.3 Å². The lowest BCUT2D eigenvalue weighted by atomic mass is 10.2. The molecule has 0 atom stereocenters. The minimum atomic E-state index is -0.327. The van der Waals surface area contributed by atoms with Gasteiger partial charge in [0.25, 0.3) is 0 Å². The molecule has 2 aromatic heterocycles. The fraction of sp³-hybridized carbons (Fsp3) is 0.200. The molecule has 0 aliphatic rings. The first-order valence-electron chi connectivity index (χ1n) is 6.71. The Kier molecular flexibility index (Phi) is 4.71. The predicted molar refractivity (Wildman–Crippen MR) is 78.4 cm³/mol. The molecule has 0 spiro atoms.